The maximum atomic E-state index is 3.54. The predicted octanol–water partition coefficient (Wildman–Crippen LogP) is 3.00. The Morgan fingerprint density at radius 1 is 1.43 bits per heavy atom. The quantitative estimate of drug-likeness (QED) is 0.746. The van der Waals surface area contributed by atoms with Gasteiger partial charge in [-0.1, -0.05) is 13.8 Å². The van der Waals surface area contributed by atoms with Gasteiger partial charge in [0.15, 0.2) is 0 Å². The van der Waals surface area contributed by atoms with Gasteiger partial charge in [0.2, 0.25) is 0 Å². The Labute approximate surface area is 89.5 Å². The summed E-state index contributed by atoms with van der Waals surface area (Å²) in [6, 6.07) is 0. The SMILES string of the molecule is CC(C)c1sc2c3c1CCC3CNC2. The Kier molecular flexibility index (Phi) is 1.96. The molecule has 0 radical (unpaired) electrons. The molecule has 0 bridgehead atoms. The first kappa shape index (κ1) is 8.93. The Hall–Kier alpha value is -0.340. The van der Waals surface area contributed by atoms with E-state index < -0.39 is 0 Å². The molecule has 2 heterocycles. The minimum atomic E-state index is 0.722. The summed E-state index contributed by atoms with van der Waals surface area (Å²) in [5.74, 6) is 1.57. The molecule has 3 rings (SSSR count). The van der Waals surface area contributed by atoms with Gasteiger partial charge in [-0.25, -0.2) is 0 Å². The molecule has 0 amide bonds. The standard InChI is InChI=1S/C12H17NS/c1-7(2)12-9-4-3-8-5-13-6-10(14-12)11(8)9/h7-8,13H,3-6H2,1-2H3. The zero-order valence-electron chi connectivity index (χ0n) is 8.89. The van der Waals surface area contributed by atoms with Crippen molar-refractivity contribution < 1.29 is 0 Å². The summed E-state index contributed by atoms with van der Waals surface area (Å²) in [6.45, 7) is 6.99. The van der Waals surface area contributed by atoms with Crippen molar-refractivity contribution in [2.75, 3.05) is 6.54 Å². The first-order chi connectivity index (χ1) is 6.77. The molecule has 0 spiro atoms. The van der Waals surface area contributed by atoms with Gasteiger partial charge in [0.25, 0.3) is 0 Å². The van der Waals surface area contributed by atoms with Gasteiger partial charge in [0.1, 0.15) is 0 Å². The van der Waals surface area contributed by atoms with Crippen LogP contribution in [0.5, 0.6) is 0 Å². The van der Waals surface area contributed by atoms with Crippen LogP contribution in [0, 0.1) is 0 Å². The third-order valence-electron chi connectivity index (χ3n) is 3.51. The van der Waals surface area contributed by atoms with E-state index in [1.54, 1.807) is 20.9 Å². The molecule has 0 saturated carbocycles. The van der Waals surface area contributed by atoms with E-state index in [2.05, 4.69) is 30.5 Å². The summed E-state index contributed by atoms with van der Waals surface area (Å²) in [5, 5.41) is 3.54. The van der Waals surface area contributed by atoms with Crippen molar-refractivity contribution in [3.63, 3.8) is 0 Å². The van der Waals surface area contributed by atoms with Crippen LogP contribution in [0.4, 0.5) is 0 Å². The smallest absolute Gasteiger partial charge is 0.0303 e. The third-order valence-corrected chi connectivity index (χ3v) is 5.06. The van der Waals surface area contributed by atoms with Crippen LogP contribution in [0.25, 0.3) is 0 Å². The number of hydrogen-bond donors (Lipinski definition) is 1. The lowest BCUT2D eigenvalue weighted by Gasteiger charge is -2.19. The largest absolute Gasteiger partial charge is 0.311 e. The normalized spacial score (nSPS) is 24.4. The van der Waals surface area contributed by atoms with Gasteiger partial charge < -0.3 is 5.32 Å². The first-order valence-corrected chi connectivity index (χ1v) is 6.44. The van der Waals surface area contributed by atoms with E-state index in [4.69, 9.17) is 0 Å². The lowest BCUT2D eigenvalue weighted by molar-refractivity contribution is 0.549. The lowest BCUT2D eigenvalue weighted by atomic mass is 9.97. The molecular formula is C12H17NS. The Bertz CT molecular complexity index is 365. The molecule has 76 valence electrons. The van der Waals surface area contributed by atoms with E-state index in [9.17, 15) is 0 Å². The molecule has 0 aromatic carbocycles. The van der Waals surface area contributed by atoms with Crippen LogP contribution in [-0.4, -0.2) is 6.54 Å². The van der Waals surface area contributed by atoms with Gasteiger partial charge in [-0.3, -0.25) is 0 Å². The van der Waals surface area contributed by atoms with Gasteiger partial charge >= 0.3 is 0 Å². The van der Waals surface area contributed by atoms with Crippen LogP contribution >= 0.6 is 11.3 Å². The van der Waals surface area contributed by atoms with Crippen LogP contribution in [0.3, 0.4) is 0 Å². The first-order valence-electron chi connectivity index (χ1n) is 5.62. The maximum Gasteiger partial charge on any atom is 0.0303 e. The summed E-state index contributed by atoms with van der Waals surface area (Å²) in [5.41, 5.74) is 3.48. The summed E-state index contributed by atoms with van der Waals surface area (Å²) in [4.78, 5) is 3.30. The molecule has 1 aliphatic carbocycles. The number of thiophene rings is 1. The van der Waals surface area contributed by atoms with Gasteiger partial charge in [-0.2, -0.15) is 0 Å². The summed E-state index contributed by atoms with van der Waals surface area (Å²) in [7, 11) is 0. The average Bonchev–Trinajstić information content (AvgIpc) is 2.72. The highest BCUT2D eigenvalue weighted by molar-refractivity contribution is 7.12. The number of hydrogen-bond acceptors (Lipinski definition) is 2. The third kappa shape index (κ3) is 1.10. The molecule has 1 nitrogen and oxygen atoms in total. The highest BCUT2D eigenvalue weighted by atomic mass is 32.1. The number of rotatable bonds is 1. The molecule has 1 aromatic heterocycles. The number of nitrogens with one attached hydrogen (secondary N) is 1. The van der Waals surface area contributed by atoms with Crippen molar-refractivity contribution >= 4 is 11.3 Å². The molecule has 1 atom stereocenters. The molecule has 1 N–H and O–H groups in total. The Morgan fingerprint density at radius 3 is 3.07 bits per heavy atom. The van der Waals surface area contributed by atoms with Crippen LogP contribution < -0.4 is 5.32 Å². The summed E-state index contributed by atoms with van der Waals surface area (Å²) >= 11 is 2.06. The van der Waals surface area contributed by atoms with Crippen LogP contribution in [0.2, 0.25) is 0 Å². The zero-order chi connectivity index (χ0) is 9.71. The predicted molar refractivity (Wildman–Crippen MR) is 61.2 cm³/mol. The second kappa shape index (κ2) is 3.07. The van der Waals surface area contributed by atoms with Gasteiger partial charge in [-0.15, -0.1) is 11.3 Å². The molecule has 1 aromatic rings. The fourth-order valence-electron chi connectivity index (χ4n) is 2.91. The van der Waals surface area contributed by atoms with E-state index in [0.717, 1.165) is 18.4 Å². The van der Waals surface area contributed by atoms with Crippen molar-refractivity contribution in [2.24, 2.45) is 0 Å². The monoisotopic (exact) mass is 207 g/mol. The molecule has 0 fully saturated rings. The highest BCUT2D eigenvalue weighted by Crippen LogP contribution is 2.46. The van der Waals surface area contributed by atoms with Crippen molar-refractivity contribution in [2.45, 2.75) is 45.1 Å². The molecule has 2 aliphatic rings. The molecule has 1 unspecified atom stereocenters. The molecule has 2 heteroatoms. The minimum absolute atomic E-state index is 0.722. The van der Waals surface area contributed by atoms with E-state index in [1.807, 2.05) is 0 Å². The van der Waals surface area contributed by atoms with Gasteiger partial charge in [-0.05, 0) is 35.8 Å². The van der Waals surface area contributed by atoms with Gasteiger partial charge in [0, 0.05) is 22.8 Å². The lowest BCUT2D eigenvalue weighted by Crippen LogP contribution is -2.25. The fourth-order valence-corrected chi connectivity index (χ4v) is 4.32. The van der Waals surface area contributed by atoms with Crippen molar-refractivity contribution in [1.82, 2.24) is 5.32 Å². The van der Waals surface area contributed by atoms with Crippen molar-refractivity contribution in [1.29, 1.82) is 0 Å². The zero-order valence-corrected chi connectivity index (χ0v) is 9.71. The van der Waals surface area contributed by atoms with E-state index in [-0.39, 0.29) is 0 Å². The van der Waals surface area contributed by atoms with Crippen LogP contribution in [0.1, 0.15) is 53.0 Å². The molecular weight excluding hydrogens is 190 g/mol. The van der Waals surface area contributed by atoms with E-state index in [0.29, 0.717) is 0 Å². The van der Waals surface area contributed by atoms with Gasteiger partial charge in [0.05, 0.1) is 0 Å². The van der Waals surface area contributed by atoms with Crippen molar-refractivity contribution in [3.05, 3.63) is 20.9 Å². The van der Waals surface area contributed by atoms with Crippen LogP contribution in [-0.2, 0) is 13.0 Å². The highest BCUT2D eigenvalue weighted by Gasteiger charge is 2.32. The second-order valence-corrected chi connectivity index (χ2v) is 5.94. The fraction of sp³-hybridized carbons (Fsp3) is 0.667. The topological polar surface area (TPSA) is 12.0 Å². The minimum Gasteiger partial charge on any atom is -0.311 e. The van der Waals surface area contributed by atoms with Crippen LogP contribution in [0.15, 0.2) is 0 Å². The average molecular weight is 207 g/mol. The van der Waals surface area contributed by atoms with E-state index >= 15 is 0 Å². The molecule has 14 heavy (non-hydrogen) atoms. The molecule has 1 aliphatic heterocycles. The summed E-state index contributed by atoms with van der Waals surface area (Å²) < 4.78 is 0. The Balaban J connectivity index is 2.15. The second-order valence-electron chi connectivity index (χ2n) is 4.80. The molecule has 0 saturated heterocycles. The van der Waals surface area contributed by atoms with Crippen molar-refractivity contribution in [3.8, 4) is 0 Å². The van der Waals surface area contributed by atoms with E-state index in [1.165, 1.54) is 19.4 Å². The Morgan fingerprint density at radius 2 is 2.29 bits per heavy atom. The maximum absolute atomic E-state index is 3.54. The summed E-state index contributed by atoms with van der Waals surface area (Å²) in [6.07, 6.45) is 2.73.